The van der Waals surface area contributed by atoms with Crippen molar-refractivity contribution in [1.29, 1.82) is 0 Å². The molecule has 0 saturated heterocycles. The SMILES string of the molecule is O=c1[nH]c2ccc3c(c2s1)OCCO3. The average Bonchev–Trinajstić information content (AvgIpc) is 2.59. The standard InChI is InChI=1S/C9H7NO3S/c11-9-10-5-1-2-6-7(8(5)14-9)13-4-3-12-6/h1-2H,3-4H2,(H,10,11). The normalized spacial score (nSPS) is 14.6. The zero-order valence-electron chi connectivity index (χ0n) is 7.20. The monoisotopic (exact) mass is 209 g/mol. The van der Waals surface area contributed by atoms with Crippen molar-refractivity contribution in [1.82, 2.24) is 4.98 Å². The molecule has 2 aromatic rings. The van der Waals surface area contributed by atoms with Gasteiger partial charge in [0.1, 0.15) is 17.9 Å². The van der Waals surface area contributed by atoms with Crippen LogP contribution in [-0.4, -0.2) is 18.2 Å². The maximum atomic E-state index is 11.1. The molecule has 0 spiro atoms. The highest BCUT2D eigenvalue weighted by molar-refractivity contribution is 7.16. The van der Waals surface area contributed by atoms with Gasteiger partial charge in [-0.25, -0.2) is 0 Å². The first-order valence-corrected chi connectivity index (χ1v) is 5.08. The van der Waals surface area contributed by atoms with Crippen LogP contribution in [0.1, 0.15) is 0 Å². The van der Waals surface area contributed by atoms with Gasteiger partial charge in [0, 0.05) is 0 Å². The van der Waals surface area contributed by atoms with Crippen LogP contribution in [0, 0.1) is 0 Å². The molecule has 0 aliphatic carbocycles. The Kier molecular flexibility index (Phi) is 1.55. The molecule has 1 aliphatic heterocycles. The second-order valence-electron chi connectivity index (χ2n) is 2.98. The molecule has 0 fully saturated rings. The number of hydrogen-bond donors (Lipinski definition) is 1. The number of nitrogens with one attached hydrogen (secondary N) is 1. The Morgan fingerprint density at radius 1 is 1.29 bits per heavy atom. The Hall–Kier alpha value is -1.49. The fourth-order valence-corrected chi connectivity index (χ4v) is 2.35. The van der Waals surface area contributed by atoms with Gasteiger partial charge < -0.3 is 14.5 Å². The van der Waals surface area contributed by atoms with E-state index in [2.05, 4.69) is 4.98 Å². The van der Waals surface area contributed by atoms with E-state index < -0.39 is 0 Å². The predicted octanol–water partition coefficient (Wildman–Crippen LogP) is 1.36. The fourth-order valence-electron chi connectivity index (χ4n) is 1.52. The lowest BCUT2D eigenvalue weighted by atomic mass is 10.3. The van der Waals surface area contributed by atoms with Gasteiger partial charge in [-0.3, -0.25) is 4.79 Å². The number of H-pyrrole nitrogens is 1. The molecule has 0 unspecified atom stereocenters. The van der Waals surface area contributed by atoms with Crippen LogP contribution in [0.3, 0.4) is 0 Å². The largest absolute Gasteiger partial charge is 0.486 e. The maximum absolute atomic E-state index is 11.1. The van der Waals surface area contributed by atoms with Crippen molar-refractivity contribution < 1.29 is 9.47 Å². The van der Waals surface area contributed by atoms with Gasteiger partial charge in [-0.05, 0) is 12.1 Å². The lowest BCUT2D eigenvalue weighted by molar-refractivity contribution is 0.174. The van der Waals surface area contributed by atoms with Crippen molar-refractivity contribution in [2.45, 2.75) is 0 Å². The Balaban J connectivity index is 2.39. The molecule has 0 saturated carbocycles. The first-order valence-electron chi connectivity index (χ1n) is 4.26. The van der Waals surface area contributed by atoms with Gasteiger partial charge in [0.2, 0.25) is 0 Å². The summed E-state index contributed by atoms with van der Waals surface area (Å²) in [5.41, 5.74) is 0.809. The number of thiazole rings is 1. The minimum atomic E-state index is -0.0671. The number of aromatic amines is 1. The van der Waals surface area contributed by atoms with Crippen LogP contribution in [-0.2, 0) is 0 Å². The lowest BCUT2D eigenvalue weighted by Gasteiger charge is -2.18. The topological polar surface area (TPSA) is 51.3 Å². The highest BCUT2D eigenvalue weighted by Gasteiger charge is 2.16. The molecule has 1 N–H and O–H groups in total. The maximum Gasteiger partial charge on any atom is 0.305 e. The van der Waals surface area contributed by atoms with E-state index in [1.54, 1.807) is 0 Å². The molecule has 4 nitrogen and oxygen atoms in total. The van der Waals surface area contributed by atoms with E-state index in [0.717, 1.165) is 27.3 Å². The molecule has 2 heterocycles. The van der Waals surface area contributed by atoms with Gasteiger partial charge in [0.15, 0.2) is 11.5 Å². The van der Waals surface area contributed by atoms with Crippen LogP contribution < -0.4 is 14.3 Å². The van der Waals surface area contributed by atoms with E-state index in [-0.39, 0.29) is 4.87 Å². The summed E-state index contributed by atoms with van der Waals surface area (Å²) in [6.07, 6.45) is 0. The van der Waals surface area contributed by atoms with E-state index in [1.807, 2.05) is 12.1 Å². The van der Waals surface area contributed by atoms with E-state index in [9.17, 15) is 4.79 Å². The third-order valence-electron chi connectivity index (χ3n) is 2.09. The Labute approximate surface area is 83.1 Å². The van der Waals surface area contributed by atoms with E-state index in [4.69, 9.17) is 9.47 Å². The molecule has 14 heavy (non-hydrogen) atoms. The average molecular weight is 209 g/mol. The van der Waals surface area contributed by atoms with Gasteiger partial charge in [-0.1, -0.05) is 11.3 Å². The molecule has 1 aromatic heterocycles. The quantitative estimate of drug-likeness (QED) is 0.712. The Morgan fingerprint density at radius 2 is 2.14 bits per heavy atom. The van der Waals surface area contributed by atoms with Gasteiger partial charge >= 0.3 is 4.87 Å². The van der Waals surface area contributed by atoms with Crippen LogP contribution in [0.15, 0.2) is 16.9 Å². The Bertz CT molecular complexity index is 542. The third-order valence-corrected chi connectivity index (χ3v) is 2.99. The van der Waals surface area contributed by atoms with Crippen molar-refractivity contribution in [3.05, 3.63) is 21.8 Å². The second kappa shape index (κ2) is 2.75. The Morgan fingerprint density at radius 3 is 3.07 bits per heavy atom. The van der Waals surface area contributed by atoms with E-state index in [1.165, 1.54) is 0 Å². The third kappa shape index (κ3) is 1.02. The number of benzene rings is 1. The summed E-state index contributed by atoms with van der Waals surface area (Å²) < 4.78 is 11.7. The van der Waals surface area contributed by atoms with E-state index >= 15 is 0 Å². The summed E-state index contributed by atoms with van der Waals surface area (Å²) in [6, 6.07) is 3.65. The smallest absolute Gasteiger partial charge is 0.305 e. The zero-order chi connectivity index (χ0) is 9.54. The van der Waals surface area contributed by atoms with Crippen molar-refractivity contribution in [3.8, 4) is 11.5 Å². The van der Waals surface area contributed by atoms with Gasteiger partial charge in [-0.15, -0.1) is 0 Å². The lowest BCUT2D eigenvalue weighted by Crippen LogP contribution is -2.15. The first kappa shape index (κ1) is 7.87. The zero-order valence-corrected chi connectivity index (χ0v) is 8.02. The summed E-state index contributed by atoms with van der Waals surface area (Å²) in [5, 5.41) is 0. The molecular weight excluding hydrogens is 202 g/mol. The molecule has 1 aliphatic rings. The predicted molar refractivity (Wildman–Crippen MR) is 53.4 cm³/mol. The summed E-state index contributed by atoms with van der Waals surface area (Å²) in [7, 11) is 0. The summed E-state index contributed by atoms with van der Waals surface area (Å²) >= 11 is 1.15. The molecule has 0 atom stereocenters. The molecular formula is C9H7NO3S. The van der Waals surface area contributed by atoms with Crippen molar-refractivity contribution in [2.75, 3.05) is 13.2 Å². The molecule has 3 rings (SSSR count). The second-order valence-corrected chi connectivity index (χ2v) is 3.96. The van der Waals surface area contributed by atoms with Gasteiger partial charge in [0.25, 0.3) is 0 Å². The molecule has 0 amide bonds. The van der Waals surface area contributed by atoms with Crippen LogP contribution in [0.5, 0.6) is 11.5 Å². The van der Waals surface area contributed by atoms with Crippen LogP contribution >= 0.6 is 11.3 Å². The van der Waals surface area contributed by atoms with Crippen molar-refractivity contribution in [3.63, 3.8) is 0 Å². The van der Waals surface area contributed by atoms with Crippen LogP contribution in [0.25, 0.3) is 10.2 Å². The van der Waals surface area contributed by atoms with Crippen molar-refractivity contribution in [2.24, 2.45) is 0 Å². The number of fused-ring (bicyclic) bond motifs is 3. The van der Waals surface area contributed by atoms with Gasteiger partial charge in [-0.2, -0.15) is 0 Å². The molecule has 5 heteroatoms. The summed E-state index contributed by atoms with van der Waals surface area (Å²) in [4.78, 5) is 13.8. The molecule has 1 aromatic carbocycles. The number of aromatic nitrogens is 1. The van der Waals surface area contributed by atoms with Crippen molar-refractivity contribution >= 4 is 21.6 Å². The number of ether oxygens (including phenoxy) is 2. The number of hydrogen-bond acceptors (Lipinski definition) is 4. The number of rotatable bonds is 0. The van der Waals surface area contributed by atoms with Crippen LogP contribution in [0.2, 0.25) is 0 Å². The highest BCUT2D eigenvalue weighted by atomic mass is 32.1. The fraction of sp³-hybridized carbons (Fsp3) is 0.222. The summed E-state index contributed by atoms with van der Waals surface area (Å²) in [6.45, 7) is 1.11. The van der Waals surface area contributed by atoms with E-state index in [0.29, 0.717) is 19.0 Å². The minimum absolute atomic E-state index is 0.0671. The van der Waals surface area contributed by atoms with Crippen LogP contribution in [0.4, 0.5) is 0 Å². The molecule has 72 valence electrons. The van der Waals surface area contributed by atoms with Gasteiger partial charge in [0.05, 0.1) is 5.52 Å². The highest BCUT2D eigenvalue weighted by Crippen LogP contribution is 2.38. The first-order chi connectivity index (χ1) is 6.84. The summed E-state index contributed by atoms with van der Waals surface area (Å²) in [5.74, 6) is 1.41. The molecule has 0 radical (unpaired) electrons. The minimum Gasteiger partial charge on any atom is -0.486 e. The molecule has 0 bridgehead atoms.